The molecule has 1 aromatic heterocycles. The van der Waals surface area contributed by atoms with Crippen LogP contribution >= 0.6 is 0 Å². The Balaban J connectivity index is 1.78. The summed E-state index contributed by atoms with van der Waals surface area (Å²) in [5, 5.41) is 14.5. The van der Waals surface area contributed by atoms with Gasteiger partial charge in [0.1, 0.15) is 11.5 Å². The van der Waals surface area contributed by atoms with Crippen LogP contribution in [0.1, 0.15) is 26.3 Å². The summed E-state index contributed by atoms with van der Waals surface area (Å²) < 4.78 is 10.7. The van der Waals surface area contributed by atoms with Gasteiger partial charge in [-0.1, -0.05) is 32.9 Å². The SMILES string of the molecule is COc1ccc(OC)c(Nc2cnnc(Nc3ccc(C(C)(C)C)cc3)n2)c1. The Bertz CT molecular complexity index is 936. The Hall–Kier alpha value is -3.35. The summed E-state index contributed by atoms with van der Waals surface area (Å²) in [6.07, 6.45) is 1.55. The predicted molar refractivity (Wildman–Crippen MR) is 111 cm³/mol. The van der Waals surface area contributed by atoms with Crippen molar-refractivity contribution in [1.82, 2.24) is 15.2 Å². The van der Waals surface area contributed by atoms with E-state index in [2.05, 4.69) is 58.7 Å². The average Bonchev–Trinajstić information content (AvgIpc) is 2.68. The summed E-state index contributed by atoms with van der Waals surface area (Å²) in [7, 11) is 3.23. The van der Waals surface area contributed by atoms with Crippen molar-refractivity contribution in [2.75, 3.05) is 24.9 Å². The third-order valence-electron chi connectivity index (χ3n) is 4.24. The predicted octanol–water partition coefficient (Wildman–Crippen LogP) is 4.67. The number of aromatic nitrogens is 3. The zero-order valence-electron chi connectivity index (χ0n) is 16.8. The molecule has 3 aromatic rings. The maximum Gasteiger partial charge on any atom is 0.249 e. The van der Waals surface area contributed by atoms with Crippen molar-refractivity contribution in [3.63, 3.8) is 0 Å². The fourth-order valence-electron chi connectivity index (χ4n) is 2.65. The smallest absolute Gasteiger partial charge is 0.249 e. The van der Waals surface area contributed by atoms with Gasteiger partial charge in [-0.3, -0.25) is 0 Å². The molecule has 2 aromatic carbocycles. The monoisotopic (exact) mass is 379 g/mol. The van der Waals surface area contributed by atoms with Crippen LogP contribution in [0.2, 0.25) is 0 Å². The van der Waals surface area contributed by atoms with Crippen molar-refractivity contribution in [1.29, 1.82) is 0 Å². The highest BCUT2D eigenvalue weighted by molar-refractivity contribution is 5.66. The number of hydrogen-bond acceptors (Lipinski definition) is 7. The van der Waals surface area contributed by atoms with Gasteiger partial charge in [0.15, 0.2) is 5.82 Å². The van der Waals surface area contributed by atoms with Crippen LogP contribution in [0.3, 0.4) is 0 Å². The van der Waals surface area contributed by atoms with Gasteiger partial charge >= 0.3 is 0 Å². The number of rotatable bonds is 6. The highest BCUT2D eigenvalue weighted by Crippen LogP contribution is 2.31. The fraction of sp³-hybridized carbons (Fsp3) is 0.286. The molecular formula is C21H25N5O2. The molecule has 146 valence electrons. The lowest BCUT2D eigenvalue weighted by Gasteiger charge is -2.19. The van der Waals surface area contributed by atoms with E-state index in [1.165, 1.54) is 5.56 Å². The first-order valence-corrected chi connectivity index (χ1v) is 8.95. The van der Waals surface area contributed by atoms with Crippen LogP contribution in [0.4, 0.5) is 23.1 Å². The van der Waals surface area contributed by atoms with E-state index in [0.717, 1.165) is 11.4 Å². The summed E-state index contributed by atoms with van der Waals surface area (Å²) in [6.45, 7) is 6.55. The standard InChI is InChI=1S/C21H25N5O2/c1-21(2,3)14-6-8-15(9-7-14)23-20-25-19(13-22-26-20)24-17-12-16(27-4)10-11-18(17)28-5/h6-13H,1-5H3,(H2,23,24,25,26). The first kappa shape index (κ1) is 19.4. The van der Waals surface area contributed by atoms with E-state index in [1.54, 1.807) is 20.4 Å². The summed E-state index contributed by atoms with van der Waals surface area (Å²) in [4.78, 5) is 4.47. The van der Waals surface area contributed by atoms with Gasteiger partial charge in [-0.2, -0.15) is 10.1 Å². The number of benzene rings is 2. The Morgan fingerprint density at radius 1 is 0.893 bits per heavy atom. The number of nitrogens with one attached hydrogen (secondary N) is 2. The van der Waals surface area contributed by atoms with Crippen LogP contribution in [0, 0.1) is 0 Å². The lowest BCUT2D eigenvalue weighted by atomic mass is 9.87. The normalized spacial score (nSPS) is 11.0. The van der Waals surface area contributed by atoms with Gasteiger partial charge in [-0.25, -0.2) is 0 Å². The number of anilines is 4. The molecule has 0 saturated heterocycles. The first-order chi connectivity index (χ1) is 13.4. The molecule has 0 bridgehead atoms. The molecule has 0 aliphatic carbocycles. The molecule has 0 unspecified atom stereocenters. The number of ether oxygens (including phenoxy) is 2. The Labute approximate surface area is 165 Å². The zero-order valence-corrected chi connectivity index (χ0v) is 16.8. The van der Waals surface area contributed by atoms with Gasteiger partial charge in [-0.15, -0.1) is 5.10 Å². The van der Waals surface area contributed by atoms with Gasteiger partial charge < -0.3 is 20.1 Å². The molecule has 3 rings (SSSR count). The second kappa shape index (κ2) is 8.12. The van der Waals surface area contributed by atoms with Crippen molar-refractivity contribution in [3.8, 4) is 11.5 Å². The minimum atomic E-state index is 0.107. The van der Waals surface area contributed by atoms with Gasteiger partial charge in [-0.05, 0) is 35.2 Å². The number of hydrogen-bond donors (Lipinski definition) is 2. The maximum absolute atomic E-state index is 5.38. The lowest BCUT2D eigenvalue weighted by Crippen LogP contribution is -2.10. The largest absolute Gasteiger partial charge is 0.497 e. The molecule has 0 atom stereocenters. The van der Waals surface area contributed by atoms with E-state index in [9.17, 15) is 0 Å². The molecule has 0 saturated carbocycles. The highest BCUT2D eigenvalue weighted by atomic mass is 16.5. The molecule has 0 radical (unpaired) electrons. The summed E-state index contributed by atoms with van der Waals surface area (Å²) >= 11 is 0. The van der Waals surface area contributed by atoms with Crippen LogP contribution in [0.25, 0.3) is 0 Å². The van der Waals surface area contributed by atoms with Gasteiger partial charge in [0.05, 0.1) is 26.1 Å². The highest BCUT2D eigenvalue weighted by Gasteiger charge is 2.13. The van der Waals surface area contributed by atoms with Gasteiger partial charge in [0.25, 0.3) is 0 Å². The topological polar surface area (TPSA) is 81.2 Å². The molecule has 2 N–H and O–H groups in total. The Morgan fingerprint density at radius 3 is 2.29 bits per heavy atom. The van der Waals surface area contributed by atoms with Gasteiger partial charge in [0, 0.05) is 11.8 Å². The van der Waals surface area contributed by atoms with E-state index in [4.69, 9.17) is 9.47 Å². The van der Waals surface area contributed by atoms with E-state index in [-0.39, 0.29) is 5.41 Å². The van der Waals surface area contributed by atoms with Crippen molar-refractivity contribution in [2.24, 2.45) is 0 Å². The third kappa shape index (κ3) is 4.68. The maximum atomic E-state index is 5.38. The molecule has 7 heteroatoms. The van der Waals surface area contributed by atoms with E-state index < -0.39 is 0 Å². The second-order valence-electron chi connectivity index (χ2n) is 7.31. The fourth-order valence-corrected chi connectivity index (χ4v) is 2.65. The van der Waals surface area contributed by atoms with E-state index in [0.29, 0.717) is 23.3 Å². The van der Waals surface area contributed by atoms with E-state index in [1.807, 2.05) is 30.3 Å². The van der Waals surface area contributed by atoms with Crippen molar-refractivity contribution < 1.29 is 9.47 Å². The van der Waals surface area contributed by atoms with Crippen LogP contribution in [-0.2, 0) is 5.41 Å². The second-order valence-corrected chi connectivity index (χ2v) is 7.31. The number of methoxy groups -OCH3 is 2. The summed E-state index contributed by atoms with van der Waals surface area (Å²) in [6, 6.07) is 13.7. The molecule has 0 fully saturated rings. The van der Waals surface area contributed by atoms with Crippen LogP contribution in [-0.4, -0.2) is 29.4 Å². The van der Waals surface area contributed by atoms with Gasteiger partial charge in [0.2, 0.25) is 5.95 Å². The Kier molecular flexibility index (Phi) is 5.63. The van der Waals surface area contributed by atoms with Crippen molar-refractivity contribution in [3.05, 3.63) is 54.2 Å². The molecule has 0 aliphatic heterocycles. The number of nitrogens with zero attached hydrogens (tertiary/aromatic N) is 3. The molecule has 0 aliphatic rings. The van der Waals surface area contributed by atoms with Crippen LogP contribution in [0.5, 0.6) is 11.5 Å². The van der Waals surface area contributed by atoms with Crippen LogP contribution in [0.15, 0.2) is 48.7 Å². The zero-order chi connectivity index (χ0) is 20.1. The van der Waals surface area contributed by atoms with Crippen molar-refractivity contribution in [2.45, 2.75) is 26.2 Å². The van der Waals surface area contributed by atoms with E-state index >= 15 is 0 Å². The molecule has 7 nitrogen and oxygen atoms in total. The third-order valence-corrected chi connectivity index (χ3v) is 4.24. The molecule has 1 heterocycles. The van der Waals surface area contributed by atoms with Crippen LogP contribution < -0.4 is 20.1 Å². The molecule has 0 amide bonds. The Morgan fingerprint density at radius 2 is 1.64 bits per heavy atom. The summed E-state index contributed by atoms with van der Waals surface area (Å²) in [5.74, 6) is 2.32. The molecular weight excluding hydrogens is 354 g/mol. The first-order valence-electron chi connectivity index (χ1n) is 8.95. The lowest BCUT2D eigenvalue weighted by molar-refractivity contribution is 0.405. The summed E-state index contributed by atoms with van der Waals surface area (Å²) in [5.41, 5.74) is 2.99. The van der Waals surface area contributed by atoms with Crippen molar-refractivity contribution >= 4 is 23.1 Å². The minimum absolute atomic E-state index is 0.107. The molecule has 0 spiro atoms. The quantitative estimate of drug-likeness (QED) is 0.644. The minimum Gasteiger partial charge on any atom is -0.497 e. The molecule has 28 heavy (non-hydrogen) atoms. The average molecular weight is 379 g/mol.